The summed E-state index contributed by atoms with van der Waals surface area (Å²) < 4.78 is 51.2. The highest BCUT2D eigenvalue weighted by Crippen LogP contribution is 2.28. The van der Waals surface area contributed by atoms with Crippen molar-refractivity contribution in [3.63, 3.8) is 0 Å². The average Bonchev–Trinajstić information content (AvgIpc) is 2.68. The number of carbonyl (C=O) groups is 2. The fourth-order valence-corrected chi connectivity index (χ4v) is 3.16. The van der Waals surface area contributed by atoms with E-state index in [9.17, 15) is 27.2 Å². The number of alkyl halides is 3. The predicted octanol–water partition coefficient (Wildman–Crippen LogP) is 3.08. The van der Waals surface area contributed by atoms with E-state index in [4.69, 9.17) is 0 Å². The number of rotatable bonds is 3. The van der Waals surface area contributed by atoms with Crippen LogP contribution in [0.3, 0.4) is 0 Å². The van der Waals surface area contributed by atoms with Crippen molar-refractivity contribution in [2.45, 2.75) is 19.5 Å². The maximum atomic E-state index is 13.0. The molecule has 0 unspecified atom stereocenters. The minimum Gasteiger partial charge on any atom is -0.339 e. The fraction of sp³-hybridized carbons (Fsp3) is 0.350. The number of amides is 2. The van der Waals surface area contributed by atoms with E-state index in [0.29, 0.717) is 18.7 Å². The van der Waals surface area contributed by atoms with Crippen molar-refractivity contribution in [1.29, 1.82) is 0 Å². The van der Waals surface area contributed by atoms with E-state index in [-0.39, 0.29) is 42.5 Å². The quantitative estimate of drug-likeness (QED) is 0.733. The second-order valence-corrected chi connectivity index (χ2v) is 6.80. The molecule has 0 radical (unpaired) electrons. The first-order chi connectivity index (χ1) is 13.6. The summed E-state index contributed by atoms with van der Waals surface area (Å²) >= 11 is 0. The zero-order chi connectivity index (χ0) is 21.2. The molecule has 0 aliphatic carbocycles. The second kappa shape index (κ2) is 8.18. The maximum Gasteiger partial charge on any atom is 0.433 e. The van der Waals surface area contributed by atoms with Gasteiger partial charge in [0.15, 0.2) is 0 Å². The molecule has 0 atom stereocenters. The first-order valence-corrected chi connectivity index (χ1v) is 9.01. The molecule has 0 spiro atoms. The lowest BCUT2D eigenvalue weighted by molar-refractivity contribution is -0.141. The molecule has 2 aromatic rings. The third-order valence-corrected chi connectivity index (χ3v) is 4.79. The van der Waals surface area contributed by atoms with Gasteiger partial charge >= 0.3 is 6.18 Å². The molecule has 2 heterocycles. The molecule has 3 rings (SSSR count). The monoisotopic (exact) mass is 409 g/mol. The number of nitrogens with zero attached hydrogens (tertiary/aromatic N) is 3. The Hall–Kier alpha value is -2.97. The van der Waals surface area contributed by atoms with E-state index in [1.807, 2.05) is 0 Å². The van der Waals surface area contributed by atoms with Crippen molar-refractivity contribution >= 4 is 11.8 Å². The topological polar surface area (TPSA) is 53.5 Å². The van der Waals surface area contributed by atoms with Gasteiger partial charge in [-0.3, -0.25) is 9.59 Å². The summed E-state index contributed by atoms with van der Waals surface area (Å²) in [4.78, 5) is 31.7. The first-order valence-electron chi connectivity index (χ1n) is 9.01. The van der Waals surface area contributed by atoms with Crippen molar-refractivity contribution in [3.05, 3.63) is 64.7 Å². The van der Waals surface area contributed by atoms with Crippen LogP contribution in [0.1, 0.15) is 27.3 Å². The fourth-order valence-electron chi connectivity index (χ4n) is 3.16. The van der Waals surface area contributed by atoms with Crippen LogP contribution >= 0.6 is 0 Å². The number of hydrogen-bond acceptors (Lipinski definition) is 3. The molecule has 5 nitrogen and oxygen atoms in total. The summed E-state index contributed by atoms with van der Waals surface area (Å²) in [6.07, 6.45) is -4.43. The van der Waals surface area contributed by atoms with Gasteiger partial charge in [-0.1, -0.05) is 12.1 Å². The highest BCUT2D eigenvalue weighted by molar-refractivity contribution is 5.95. The Bertz CT molecular complexity index is 905. The number of halogens is 4. The molecular formula is C20H19F4N3O2. The van der Waals surface area contributed by atoms with Crippen LogP contribution in [-0.4, -0.2) is 52.8 Å². The minimum atomic E-state index is -4.57. The Kier molecular flexibility index (Phi) is 5.86. The number of aryl methyl sites for hydroxylation is 1. The lowest BCUT2D eigenvalue weighted by Gasteiger charge is -2.35. The summed E-state index contributed by atoms with van der Waals surface area (Å²) in [6.45, 7) is 2.55. The molecule has 154 valence electrons. The lowest BCUT2D eigenvalue weighted by Crippen LogP contribution is -2.51. The molecule has 0 bridgehead atoms. The normalized spacial score (nSPS) is 14.8. The third kappa shape index (κ3) is 4.90. The highest BCUT2D eigenvalue weighted by Gasteiger charge is 2.33. The molecule has 1 aliphatic heterocycles. The Labute approximate surface area is 164 Å². The first kappa shape index (κ1) is 20.8. The van der Waals surface area contributed by atoms with Gasteiger partial charge in [0.25, 0.3) is 5.91 Å². The molecule has 1 aliphatic rings. The number of pyridine rings is 1. The van der Waals surface area contributed by atoms with Crippen molar-refractivity contribution in [2.75, 3.05) is 26.2 Å². The van der Waals surface area contributed by atoms with Gasteiger partial charge in [-0.2, -0.15) is 13.2 Å². The number of hydrogen-bond donors (Lipinski definition) is 0. The lowest BCUT2D eigenvalue weighted by atomic mass is 10.1. The van der Waals surface area contributed by atoms with Crippen LogP contribution in [0.15, 0.2) is 36.4 Å². The summed E-state index contributed by atoms with van der Waals surface area (Å²) in [5.41, 5.74) is -0.215. The molecule has 2 amide bonds. The molecule has 0 N–H and O–H groups in total. The Morgan fingerprint density at radius 2 is 1.55 bits per heavy atom. The SMILES string of the molecule is Cc1nc(C(F)(F)F)ccc1C(=O)N1CCN(C(=O)Cc2ccc(F)cc2)CC1. The average molecular weight is 409 g/mol. The Morgan fingerprint density at radius 3 is 2.10 bits per heavy atom. The van der Waals surface area contributed by atoms with Gasteiger partial charge in [-0.25, -0.2) is 9.37 Å². The van der Waals surface area contributed by atoms with Crippen LogP contribution < -0.4 is 0 Å². The maximum absolute atomic E-state index is 13.0. The predicted molar refractivity (Wildman–Crippen MR) is 96.6 cm³/mol. The number of carbonyl (C=O) groups excluding carboxylic acids is 2. The third-order valence-electron chi connectivity index (χ3n) is 4.79. The van der Waals surface area contributed by atoms with E-state index in [1.54, 1.807) is 17.0 Å². The van der Waals surface area contributed by atoms with Gasteiger partial charge in [0.2, 0.25) is 5.91 Å². The molecule has 1 aromatic heterocycles. The Balaban J connectivity index is 1.59. The van der Waals surface area contributed by atoms with Crippen molar-refractivity contribution in [1.82, 2.24) is 14.8 Å². The molecule has 1 saturated heterocycles. The van der Waals surface area contributed by atoms with Gasteiger partial charge in [0.05, 0.1) is 17.7 Å². The van der Waals surface area contributed by atoms with Crippen LogP contribution in [0.4, 0.5) is 17.6 Å². The van der Waals surface area contributed by atoms with Crippen molar-refractivity contribution < 1.29 is 27.2 Å². The van der Waals surface area contributed by atoms with Gasteiger partial charge < -0.3 is 9.80 Å². The van der Waals surface area contributed by atoms with E-state index < -0.39 is 17.8 Å². The zero-order valence-electron chi connectivity index (χ0n) is 15.7. The van der Waals surface area contributed by atoms with E-state index in [1.165, 1.54) is 24.0 Å². The van der Waals surface area contributed by atoms with Crippen LogP contribution in [0.5, 0.6) is 0 Å². The Morgan fingerprint density at radius 1 is 0.966 bits per heavy atom. The van der Waals surface area contributed by atoms with Crippen molar-refractivity contribution in [3.8, 4) is 0 Å². The van der Waals surface area contributed by atoms with Crippen LogP contribution in [0.2, 0.25) is 0 Å². The standard InChI is InChI=1S/C20H19F4N3O2/c1-13-16(6-7-17(25-13)20(22,23)24)19(29)27-10-8-26(9-11-27)18(28)12-14-2-4-15(21)5-3-14/h2-7H,8-12H2,1H3. The number of benzene rings is 1. The van der Waals surface area contributed by atoms with Gasteiger partial charge in [-0.05, 0) is 36.8 Å². The summed E-state index contributed by atoms with van der Waals surface area (Å²) in [5.74, 6) is -0.910. The zero-order valence-corrected chi connectivity index (χ0v) is 15.7. The van der Waals surface area contributed by atoms with Gasteiger partial charge in [-0.15, -0.1) is 0 Å². The number of aromatic nitrogens is 1. The van der Waals surface area contributed by atoms with Gasteiger partial charge in [0.1, 0.15) is 11.5 Å². The molecule has 1 fully saturated rings. The molecule has 29 heavy (non-hydrogen) atoms. The smallest absolute Gasteiger partial charge is 0.339 e. The van der Waals surface area contributed by atoms with Crippen LogP contribution in [-0.2, 0) is 17.4 Å². The summed E-state index contributed by atoms with van der Waals surface area (Å²) in [6, 6.07) is 7.61. The van der Waals surface area contributed by atoms with Crippen molar-refractivity contribution in [2.24, 2.45) is 0 Å². The summed E-state index contributed by atoms with van der Waals surface area (Å²) in [5, 5.41) is 0. The molecule has 9 heteroatoms. The van der Waals surface area contributed by atoms with E-state index in [0.717, 1.165) is 12.1 Å². The molecular weight excluding hydrogens is 390 g/mol. The van der Waals surface area contributed by atoms with Crippen LogP contribution in [0, 0.1) is 12.7 Å². The largest absolute Gasteiger partial charge is 0.433 e. The van der Waals surface area contributed by atoms with Gasteiger partial charge in [0, 0.05) is 26.2 Å². The molecule has 0 saturated carbocycles. The number of piperazine rings is 1. The van der Waals surface area contributed by atoms with E-state index in [2.05, 4.69) is 4.98 Å². The van der Waals surface area contributed by atoms with Crippen LogP contribution in [0.25, 0.3) is 0 Å². The highest BCUT2D eigenvalue weighted by atomic mass is 19.4. The summed E-state index contributed by atoms with van der Waals surface area (Å²) in [7, 11) is 0. The second-order valence-electron chi connectivity index (χ2n) is 6.80. The minimum absolute atomic E-state index is 0.0136. The molecule has 1 aromatic carbocycles. The van der Waals surface area contributed by atoms with E-state index >= 15 is 0 Å².